The largest absolute Gasteiger partial charge is 0.449 e. The van der Waals surface area contributed by atoms with E-state index >= 15 is 0 Å². The van der Waals surface area contributed by atoms with Crippen LogP contribution in [0.25, 0.3) is 10.9 Å². The van der Waals surface area contributed by atoms with Crippen LogP contribution in [0.4, 0.5) is 20.2 Å². The molecule has 6 heterocycles. The fraction of sp³-hybridized carbons (Fsp3) is 0.465. The molecular weight excluding hydrogens is 755 g/mol. The van der Waals surface area contributed by atoms with Gasteiger partial charge in [0, 0.05) is 82.1 Å². The Morgan fingerprint density at radius 1 is 0.881 bits per heavy atom. The number of carbonyl (C=O) groups excluding carboxylic acids is 5. The predicted octanol–water partition coefficient (Wildman–Crippen LogP) is 4.64. The highest BCUT2D eigenvalue weighted by Crippen LogP contribution is 2.43. The number of alkyl carbamates (subject to hydrolysis) is 1. The van der Waals surface area contributed by atoms with Crippen molar-refractivity contribution < 1.29 is 33.4 Å². The zero-order chi connectivity index (χ0) is 41.1. The number of ether oxygens (including phenoxy) is 2. The van der Waals surface area contributed by atoms with E-state index in [1.54, 1.807) is 35.2 Å². The Kier molecular flexibility index (Phi) is 11.1. The highest BCUT2D eigenvalue weighted by molar-refractivity contribution is 5.89. The van der Waals surface area contributed by atoms with Crippen molar-refractivity contribution in [2.45, 2.75) is 76.5 Å². The number of anilines is 1. The second-order valence-electron chi connectivity index (χ2n) is 16.4. The number of fused-ring (bicyclic) bond motifs is 3. The van der Waals surface area contributed by atoms with Gasteiger partial charge in [-0.15, -0.1) is 0 Å². The van der Waals surface area contributed by atoms with Crippen LogP contribution in [-0.4, -0.2) is 118 Å². The molecule has 3 fully saturated rings. The maximum atomic E-state index is 14.5. The summed E-state index contributed by atoms with van der Waals surface area (Å²) in [6, 6.07) is 15.5. The van der Waals surface area contributed by atoms with Gasteiger partial charge in [0.15, 0.2) is 0 Å². The summed E-state index contributed by atoms with van der Waals surface area (Å²) in [6.45, 7) is 6.62. The minimum atomic E-state index is -0.886. The summed E-state index contributed by atoms with van der Waals surface area (Å²) in [6.07, 6.45) is 6.08. The number of pyridine rings is 1. The number of aromatic nitrogens is 3. The van der Waals surface area contributed by atoms with Gasteiger partial charge in [-0.05, 0) is 73.4 Å². The summed E-state index contributed by atoms with van der Waals surface area (Å²) in [5, 5.41) is 16.6. The third kappa shape index (κ3) is 8.52. The van der Waals surface area contributed by atoms with Crippen molar-refractivity contribution in [3.63, 3.8) is 0 Å². The number of likely N-dealkylation sites (tertiary alicyclic amines) is 3. The summed E-state index contributed by atoms with van der Waals surface area (Å²) in [5.74, 6) is 0.154. The smallest absolute Gasteiger partial charge is 0.413 e. The molecule has 16 nitrogen and oxygen atoms in total. The Morgan fingerprint density at radius 3 is 2.37 bits per heavy atom. The Morgan fingerprint density at radius 2 is 1.61 bits per heavy atom. The fourth-order valence-electron chi connectivity index (χ4n) is 9.19. The summed E-state index contributed by atoms with van der Waals surface area (Å²) >= 11 is 0. The SMILES string of the molecule is Cc1cc(C[C@@H](NC(=O)N2CCC3(CC2)OC(=O)Nc2ncccc23)C(=O)N2CCC3(CCN(C(=O)[C@@H](C)NC(=O)OCCc4ccccc4)CC3)C2)cc2cn[nH]c12. The molecule has 2 aromatic carbocycles. The van der Waals surface area contributed by atoms with Crippen molar-refractivity contribution in [2.75, 3.05) is 51.2 Å². The normalized spacial score (nSPS) is 19.1. The number of piperidine rings is 2. The van der Waals surface area contributed by atoms with Gasteiger partial charge in [-0.3, -0.25) is 20.0 Å². The predicted molar refractivity (Wildman–Crippen MR) is 217 cm³/mol. The first-order valence-corrected chi connectivity index (χ1v) is 20.5. The Labute approximate surface area is 342 Å². The first kappa shape index (κ1) is 39.6. The highest BCUT2D eigenvalue weighted by atomic mass is 16.6. The van der Waals surface area contributed by atoms with E-state index in [1.807, 2.05) is 60.4 Å². The van der Waals surface area contributed by atoms with Crippen molar-refractivity contribution in [3.05, 3.63) is 89.2 Å². The molecule has 0 radical (unpaired) electrons. The summed E-state index contributed by atoms with van der Waals surface area (Å²) in [7, 11) is 0. The highest BCUT2D eigenvalue weighted by Gasteiger charge is 2.47. The number of aromatic amines is 1. The Bertz CT molecular complexity index is 2210. The molecule has 8 rings (SSSR count). The van der Waals surface area contributed by atoms with Crippen molar-refractivity contribution >= 4 is 46.8 Å². The number of urea groups is 1. The quantitative estimate of drug-likeness (QED) is 0.187. The minimum absolute atomic E-state index is 0.150. The molecule has 2 aromatic heterocycles. The second-order valence-corrected chi connectivity index (χ2v) is 16.4. The van der Waals surface area contributed by atoms with Gasteiger partial charge in [-0.25, -0.2) is 19.4 Å². The van der Waals surface area contributed by atoms with E-state index in [0.29, 0.717) is 64.3 Å². The van der Waals surface area contributed by atoms with Crippen LogP contribution in [0, 0.1) is 12.3 Å². The standard InChI is InChI=1S/C43H51N9O7/c1-28-23-31(24-32-26-45-49-35(28)32)25-34(47-39(55)51-20-14-43(15-21-51)33-9-6-16-44-36(33)48-41(57)59-43)38(54)52-19-13-42(27-52)11-17-50(18-12-42)37(53)29(2)46-40(56)58-22-10-30-7-4-3-5-8-30/h3-9,16,23-24,26,29,34H,10-15,17-22,25,27H2,1-2H3,(H,45,49)(H,46,56)(H,47,55)(H,44,48,57)/t29-,34-/m1/s1. The van der Waals surface area contributed by atoms with Crippen LogP contribution >= 0.6 is 0 Å². The Hall–Kier alpha value is -6.19. The van der Waals surface area contributed by atoms with E-state index in [1.165, 1.54) is 0 Å². The molecule has 16 heteroatoms. The molecule has 4 aliphatic heterocycles. The first-order valence-electron chi connectivity index (χ1n) is 20.5. The lowest BCUT2D eigenvalue weighted by atomic mass is 9.77. The number of nitrogens with one attached hydrogen (secondary N) is 4. The zero-order valence-electron chi connectivity index (χ0n) is 33.5. The van der Waals surface area contributed by atoms with Crippen LogP contribution in [0.5, 0.6) is 0 Å². The third-order valence-corrected chi connectivity index (χ3v) is 12.6. The molecule has 4 N–H and O–H groups in total. The van der Waals surface area contributed by atoms with Crippen molar-refractivity contribution in [3.8, 4) is 0 Å². The number of aryl methyl sites for hydroxylation is 1. The van der Waals surface area contributed by atoms with Gasteiger partial charge in [0.25, 0.3) is 0 Å². The molecule has 2 atom stereocenters. The van der Waals surface area contributed by atoms with E-state index in [9.17, 15) is 24.0 Å². The summed E-state index contributed by atoms with van der Waals surface area (Å²) < 4.78 is 11.2. The lowest BCUT2D eigenvalue weighted by molar-refractivity contribution is -0.136. The summed E-state index contributed by atoms with van der Waals surface area (Å²) in [5.41, 5.74) is 3.63. The molecule has 0 saturated carbocycles. The lowest BCUT2D eigenvalue weighted by Crippen LogP contribution is -2.56. The molecule has 4 aliphatic rings. The van der Waals surface area contributed by atoms with E-state index in [0.717, 1.165) is 52.4 Å². The van der Waals surface area contributed by atoms with Crippen LogP contribution < -0.4 is 16.0 Å². The molecule has 3 saturated heterocycles. The number of benzene rings is 2. The van der Waals surface area contributed by atoms with Gasteiger partial charge in [0.2, 0.25) is 11.8 Å². The minimum Gasteiger partial charge on any atom is -0.449 e. The van der Waals surface area contributed by atoms with Crippen molar-refractivity contribution in [2.24, 2.45) is 5.41 Å². The van der Waals surface area contributed by atoms with Crippen molar-refractivity contribution in [1.29, 1.82) is 0 Å². The number of nitrogens with zero attached hydrogens (tertiary/aromatic N) is 5. The number of H-pyrrole nitrogens is 1. The molecular formula is C43H51N9O7. The maximum absolute atomic E-state index is 14.5. The van der Waals surface area contributed by atoms with E-state index in [-0.39, 0.29) is 36.3 Å². The molecule has 59 heavy (non-hydrogen) atoms. The van der Waals surface area contributed by atoms with E-state index in [2.05, 4.69) is 31.1 Å². The summed E-state index contributed by atoms with van der Waals surface area (Å²) in [4.78, 5) is 76.4. The van der Waals surface area contributed by atoms with E-state index < -0.39 is 29.9 Å². The van der Waals surface area contributed by atoms with Gasteiger partial charge in [0.1, 0.15) is 23.5 Å². The number of amides is 6. The van der Waals surface area contributed by atoms with Crippen LogP contribution in [0.3, 0.4) is 0 Å². The van der Waals surface area contributed by atoms with Gasteiger partial charge in [0.05, 0.1) is 18.3 Å². The lowest BCUT2D eigenvalue weighted by Gasteiger charge is -2.43. The average molecular weight is 806 g/mol. The zero-order valence-corrected chi connectivity index (χ0v) is 33.5. The van der Waals surface area contributed by atoms with Crippen LogP contribution in [0.1, 0.15) is 61.3 Å². The molecule has 0 aliphatic carbocycles. The topological polar surface area (TPSA) is 191 Å². The number of rotatable bonds is 9. The first-order chi connectivity index (χ1) is 28.5. The van der Waals surface area contributed by atoms with Crippen LogP contribution in [0.2, 0.25) is 0 Å². The number of hydrogen-bond acceptors (Lipinski definition) is 9. The number of carbonyl (C=O) groups is 5. The van der Waals surface area contributed by atoms with Gasteiger partial charge < -0.3 is 34.8 Å². The van der Waals surface area contributed by atoms with E-state index in [4.69, 9.17) is 9.47 Å². The molecule has 2 spiro atoms. The van der Waals surface area contributed by atoms with Gasteiger partial charge >= 0.3 is 18.2 Å². The molecule has 0 bridgehead atoms. The maximum Gasteiger partial charge on any atom is 0.413 e. The third-order valence-electron chi connectivity index (χ3n) is 12.6. The van der Waals surface area contributed by atoms with Crippen LogP contribution in [-0.2, 0) is 37.5 Å². The Balaban J connectivity index is 0.885. The van der Waals surface area contributed by atoms with Gasteiger partial charge in [-0.2, -0.15) is 5.10 Å². The second kappa shape index (κ2) is 16.6. The number of hydrogen-bond donors (Lipinski definition) is 4. The molecule has 4 aromatic rings. The van der Waals surface area contributed by atoms with Crippen LogP contribution in [0.15, 0.2) is 67.0 Å². The fourth-order valence-corrected chi connectivity index (χ4v) is 9.19. The molecule has 0 unspecified atom stereocenters. The monoisotopic (exact) mass is 805 g/mol. The average Bonchev–Trinajstić information content (AvgIpc) is 3.89. The molecule has 6 amide bonds. The molecule has 310 valence electrons. The van der Waals surface area contributed by atoms with Gasteiger partial charge in [-0.1, -0.05) is 36.4 Å². The van der Waals surface area contributed by atoms with Crippen molar-refractivity contribution in [1.82, 2.24) is 40.5 Å².